The lowest BCUT2D eigenvalue weighted by Gasteiger charge is -2.16. The first-order chi connectivity index (χ1) is 12.6. The Labute approximate surface area is 178 Å². The Morgan fingerprint density at radius 3 is 2.52 bits per heavy atom. The van der Waals surface area contributed by atoms with Gasteiger partial charge in [0.05, 0.1) is 20.8 Å². The van der Waals surface area contributed by atoms with Crippen LogP contribution in [0.1, 0.15) is 12.5 Å². The number of aliphatic imine (C=N–C) groups is 1. The van der Waals surface area contributed by atoms with Crippen molar-refractivity contribution in [2.24, 2.45) is 4.99 Å². The molecule has 0 amide bonds. The molecule has 0 aliphatic rings. The maximum Gasteiger partial charge on any atom is 0.196 e. The molecule has 1 heterocycles. The number of aromatic nitrogens is 1. The summed E-state index contributed by atoms with van der Waals surface area (Å²) in [6.45, 7) is 3.30. The number of rotatable bonds is 7. The quantitative estimate of drug-likeness (QED) is 0.356. The number of nitrogens with one attached hydrogen (secondary N) is 2. The molecule has 0 fully saturated rings. The fraction of sp³-hybridized carbons (Fsp3) is 0.368. The first-order valence-corrected chi connectivity index (χ1v) is 8.47. The third-order valence-corrected chi connectivity index (χ3v) is 3.69. The van der Waals surface area contributed by atoms with Crippen LogP contribution in [0, 0.1) is 0 Å². The molecule has 1 aromatic carbocycles. The molecule has 148 valence electrons. The van der Waals surface area contributed by atoms with Crippen LogP contribution >= 0.6 is 24.0 Å². The zero-order valence-electron chi connectivity index (χ0n) is 16.4. The van der Waals surface area contributed by atoms with Gasteiger partial charge in [-0.2, -0.15) is 0 Å². The van der Waals surface area contributed by atoms with Gasteiger partial charge in [0.25, 0.3) is 0 Å². The number of benzene rings is 1. The molecule has 0 aliphatic heterocycles. The van der Waals surface area contributed by atoms with E-state index in [0.29, 0.717) is 24.0 Å². The van der Waals surface area contributed by atoms with Crippen molar-refractivity contribution in [2.75, 3.05) is 45.1 Å². The van der Waals surface area contributed by atoms with Crippen LogP contribution in [-0.4, -0.2) is 45.8 Å². The molecule has 0 bridgehead atoms. The molecule has 0 radical (unpaired) electrons. The highest BCUT2D eigenvalue weighted by Gasteiger charge is 2.08. The molecule has 2 aromatic rings. The van der Waals surface area contributed by atoms with E-state index >= 15 is 0 Å². The second-order valence-corrected chi connectivity index (χ2v) is 5.77. The largest absolute Gasteiger partial charge is 0.493 e. The minimum atomic E-state index is 0. The van der Waals surface area contributed by atoms with E-state index < -0.39 is 0 Å². The van der Waals surface area contributed by atoms with Gasteiger partial charge in [0.2, 0.25) is 0 Å². The van der Waals surface area contributed by atoms with E-state index in [-0.39, 0.29) is 24.0 Å². The standard InChI is InChI=1S/C19H27N5O2.HI/c1-6-20-19(22-13-14-8-7-11-21-18(14)24(2)3)23-15-9-10-16(25-4)17(12-15)26-5;/h7-12H,6,13H2,1-5H3,(H2,20,22,23);1H. The van der Waals surface area contributed by atoms with Crippen molar-refractivity contribution < 1.29 is 9.47 Å². The fourth-order valence-corrected chi connectivity index (χ4v) is 2.48. The summed E-state index contributed by atoms with van der Waals surface area (Å²) in [7, 11) is 7.18. The predicted octanol–water partition coefficient (Wildman–Crippen LogP) is 3.36. The topological polar surface area (TPSA) is 71.0 Å². The van der Waals surface area contributed by atoms with Crippen LogP contribution in [0.25, 0.3) is 0 Å². The third-order valence-electron chi connectivity index (χ3n) is 3.69. The number of methoxy groups -OCH3 is 2. The van der Waals surface area contributed by atoms with Crippen molar-refractivity contribution >= 4 is 41.4 Å². The molecule has 0 aliphatic carbocycles. The summed E-state index contributed by atoms with van der Waals surface area (Å²) in [4.78, 5) is 11.1. The van der Waals surface area contributed by atoms with Gasteiger partial charge in [0.1, 0.15) is 5.82 Å². The van der Waals surface area contributed by atoms with E-state index in [1.54, 1.807) is 20.4 Å². The van der Waals surface area contributed by atoms with Crippen LogP contribution in [0.3, 0.4) is 0 Å². The van der Waals surface area contributed by atoms with Gasteiger partial charge < -0.3 is 25.0 Å². The number of hydrogen-bond acceptors (Lipinski definition) is 5. The number of hydrogen-bond donors (Lipinski definition) is 2. The maximum atomic E-state index is 5.35. The van der Waals surface area contributed by atoms with Crippen molar-refractivity contribution in [3.05, 3.63) is 42.1 Å². The zero-order valence-corrected chi connectivity index (χ0v) is 18.8. The smallest absolute Gasteiger partial charge is 0.196 e. The first kappa shape index (κ1) is 22.8. The van der Waals surface area contributed by atoms with Crippen molar-refractivity contribution in [3.8, 4) is 11.5 Å². The van der Waals surface area contributed by atoms with Gasteiger partial charge in [0, 0.05) is 44.2 Å². The van der Waals surface area contributed by atoms with E-state index in [9.17, 15) is 0 Å². The molecule has 8 heteroatoms. The molecule has 0 spiro atoms. The van der Waals surface area contributed by atoms with Crippen molar-refractivity contribution in [1.29, 1.82) is 0 Å². The van der Waals surface area contributed by atoms with E-state index in [1.807, 2.05) is 56.3 Å². The second kappa shape index (κ2) is 11.5. The average Bonchev–Trinajstić information content (AvgIpc) is 2.66. The summed E-state index contributed by atoms with van der Waals surface area (Å²) in [5.41, 5.74) is 1.92. The minimum absolute atomic E-state index is 0. The van der Waals surface area contributed by atoms with Crippen LogP contribution < -0.4 is 25.0 Å². The maximum absolute atomic E-state index is 5.35. The number of nitrogens with zero attached hydrogens (tertiary/aromatic N) is 3. The number of anilines is 2. The van der Waals surface area contributed by atoms with E-state index in [4.69, 9.17) is 9.47 Å². The molecule has 7 nitrogen and oxygen atoms in total. The second-order valence-electron chi connectivity index (χ2n) is 5.77. The van der Waals surface area contributed by atoms with Crippen molar-refractivity contribution in [1.82, 2.24) is 10.3 Å². The Morgan fingerprint density at radius 2 is 1.89 bits per heavy atom. The summed E-state index contributed by atoms with van der Waals surface area (Å²) < 4.78 is 10.6. The van der Waals surface area contributed by atoms with Crippen LogP contribution in [0.4, 0.5) is 11.5 Å². The van der Waals surface area contributed by atoms with Gasteiger partial charge in [-0.25, -0.2) is 9.98 Å². The first-order valence-electron chi connectivity index (χ1n) is 8.47. The lowest BCUT2D eigenvalue weighted by molar-refractivity contribution is 0.355. The summed E-state index contributed by atoms with van der Waals surface area (Å²) in [5, 5.41) is 6.54. The zero-order chi connectivity index (χ0) is 18.9. The van der Waals surface area contributed by atoms with Crippen molar-refractivity contribution in [3.63, 3.8) is 0 Å². The normalized spacial score (nSPS) is 10.6. The molecular weight excluding hydrogens is 457 g/mol. The Hall–Kier alpha value is -2.23. The molecule has 1 aromatic heterocycles. The molecule has 0 saturated heterocycles. The highest BCUT2D eigenvalue weighted by atomic mass is 127. The van der Waals surface area contributed by atoms with Crippen LogP contribution in [0.2, 0.25) is 0 Å². The molecule has 2 rings (SSSR count). The summed E-state index contributed by atoms with van der Waals surface area (Å²) in [6, 6.07) is 9.61. The number of ether oxygens (including phenoxy) is 2. The number of guanidine groups is 1. The highest BCUT2D eigenvalue weighted by molar-refractivity contribution is 14.0. The lowest BCUT2D eigenvalue weighted by atomic mass is 10.2. The van der Waals surface area contributed by atoms with Crippen LogP contribution in [0.5, 0.6) is 11.5 Å². The molecule has 0 atom stereocenters. The number of halogens is 1. The molecular formula is C19H28IN5O2. The third kappa shape index (κ3) is 6.46. The average molecular weight is 485 g/mol. The van der Waals surface area contributed by atoms with Gasteiger partial charge in [0.15, 0.2) is 17.5 Å². The molecule has 2 N–H and O–H groups in total. The van der Waals surface area contributed by atoms with Gasteiger partial charge in [-0.05, 0) is 25.1 Å². The minimum Gasteiger partial charge on any atom is -0.493 e. The Kier molecular flexibility index (Phi) is 9.70. The predicted molar refractivity (Wildman–Crippen MR) is 122 cm³/mol. The monoisotopic (exact) mass is 485 g/mol. The van der Waals surface area contributed by atoms with Crippen molar-refractivity contribution in [2.45, 2.75) is 13.5 Å². The van der Waals surface area contributed by atoms with E-state index in [2.05, 4.69) is 20.6 Å². The van der Waals surface area contributed by atoms with Gasteiger partial charge >= 0.3 is 0 Å². The summed E-state index contributed by atoms with van der Waals surface area (Å²) in [5.74, 6) is 2.95. The molecule has 27 heavy (non-hydrogen) atoms. The number of pyridine rings is 1. The van der Waals surface area contributed by atoms with E-state index in [0.717, 1.165) is 23.6 Å². The Morgan fingerprint density at radius 1 is 1.15 bits per heavy atom. The lowest BCUT2D eigenvalue weighted by Crippen LogP contribution is -2.30. The summed E-state index contributed by atoms with van der Waals surface area (Å²) >= 11 is 0. The van der Waals surface area contributed by atoms with Gasteiger partial charge in [-0.3, -0.25) is 0 Å². The van der Waals surface area contributed by atoms with Gasteiger partial charge in [-0.15, -0.1) is 24.0 Å². The van der Waals surface area contributed by atoms with E-state index in [1.165, 1.54) is 0 Å². The Bertz CT molecular complexity index is 753. The van der Waals surface area contributed by atoms with Crippen LogP contribution in [0.15, 0.2) is 41.5 Å². The SMILES string of the molecule is CCNC(=NCc1cccnc1N(C)C)Nc1ccc(OC)c(OC)c1.I. The van der Waals surface area contributed by atoms with Crippen LogP contribution in [-0.2, 0) is 6.54 Å². The Balaban J connectivity index is 0.00000364. The highest BCUT2D eigenvalue weighted by Crippen LogP contribution is 2.29. The van der Waals surface area contributed by atoms with Gasteiger partial charge in [-0.1, -0.05) is 6.07 Å². The molecule has 0 unspecified atom stereocenters. The summed E-state index contributed by atoms with van der Waals surface area (Å²) in [6.07, 6.45) is 1.79. The molecule has 0 saturated carbocycles. The fourth-order valence-electron chi connectivity index (χ4n) is 2.48.